The highest BCUT2D eigenvalue weighted by atomic mass is 16.5. The first-order valence-electron chi connectivity index (χ1n) is 7.30. The third-order valence-electron chi connectivity index (χ3n) is 3.22. The second kappa shape index (κ2) is 6.70. The van der Waals surface area contributed by atoms with Gasteiger partial charge in [0.15, 0.2) is 0 Å². The van der Waals surface area contributed by atoms with E-state index in [0.29, 0.717) is 31.2 Å². The van der Waals surface area contributed by atoms with Crippen molar-refractivity contribution in [2.24, 2.45) is 11.1 Å². The van der Waals surface area contributed by atoms with E-state index in [9.17, 15) is 4.79 Å². The van der Waals surface area contributed by atoms with Crippen molar-refractivity contribution < 1.29 is 9.32 Å². The highest BCUT2D eigenvalue weighted by molar-refractivity contribution is 5.81. The van der Waals surface area contributed by atoms with Gasteiger partial charge in [0.25, 0.3) is 0 Å². The van der Waals surface area contributed by atoms with E-state index in [1.54, 1.807) is 0 Å². The Labute approximate surface area is 130 Å². The van der Waals surface area contributed by atoms with Gasteiger partial charge in [0, 0.05) is 30.5 Å². The van der Waals surface area contributed by atoms with Gasteiger partial charge >= 0.3 is 0 Å². The third-order valence-corrected chi connectivity index (χ3v) is 3.22. The van der Waals surface area contributed by atoms with E-state index >= 15 is 0 Å². The Morgan fingerprint density at radius 2 is 1.95 bits per heavy atom. The molecular weight excluding hydrogens is 280 g/mol. The quantitative estimate of drug-likeness (QED) is 0.879. The molecule has 2 rings (SSSR count). The van der Waals surface area contributed by atoms with Crippen LogP contribution in [0.5, 0.6) is 0 Å². The van der Waals surface area contributed by atoms with Gasteiger partial charge < -0.3 is 15.6 Å². The van der Waals surface area contributed by atoms with Crippen LogP contribution >= 0.6 is 0 Å². The molecule has 6 heteroatoms. The van der Waals surface area contributed by atoms with Crippen LogP contribution in [0.2, 0.25) is 0 Å². The van der Waals surface area contributed by atoms with E-state index in [-0.39, 0.29) is 5.91 Å². The molecule has 0 saturated heterocycles. The van der Waals surface area contributed by atoms with Crippen LogP contribution in [0, 0.1) is 5.41 Å². The predicted octanol–water partition coefficient (Wildman–Crippen LogP) is 1.90. The molecule has 2 aromatic rings. The van der Waals surface area contributed by atoms with Crippen LogP contribution < -0.4 is 11.1 Å². The zero-order valence-electron chi connectivity index (χ0n) is 13.2. The lowest BCUT2D eigenvalue weighted by molar-refractivity contribution is -0.128. The lowest BCUT2D eigenvalue weighted by atomic mass is 9.96. The van der Waals surface area contributed by atoms with Gasteiger partial charge in [-0.15, -0.1) is 0 Å². The Morgan fingerprint density at radius 3 is 2.55 bits per heavy atom. The monoisotopic (exact) mass is 302 g/mol. The minimum Gasteiger partial charge on any atom is -0.355 e. The fourth-order valence-electron chi connectivity index (χ4n) is 1.81. The summed E-state index contributed by atoms with van der Waals surface area (Å²) in [4.78, 5) is 16.1. The van der Waals surface area contributed by atoms with Crippen LogP contribution in [0.3, 0.4) is 0 Å². The lowest BCUT2D eigenvalue weighted by Crippen LogP contribution is -2.35. The Bertz CT molecular complexity index is 626. The highest BCUT2D eigenvalue weighted by Crippen LogP contribution is 2.17. The van der Waals surface area contributed by atoms with Gasteiger partial charge in [-0.25, -0.2) is 0 Å². The Morgan fingerprint density at radius 1 is 1.27 bits per heavy atom. The number of carbonyl (C=O) groups excluding carboxylic acids is 1. The van der Waals surface area contributed by atoms with E-state index < -0.39 is 5.41 Å². The van der Waals surface area contributed by atoms with Gasteiger partial charge in [-0.1, -0.05) is 50.2 Å². The maximum absolute atomic E-state index is 11.8. The van der Waals surface area contributed by atoms with Gasteiger partial charge in [-0.05, 0) is 5.56 Å². The van der Waals surface area contributed by atoms with Gasteiger partial charge in [-0.3, -0.25) is 4.79 Å². The molecule has 1 aromatic heterocycles. The molecule has 0 aliphatic heterocycles. The average Bonchev–Trinajstić information content (AvgIpc) is 2.95. The van der Waals surface area contributed by atoms with E-state index in [4.69, 9.17) is 10.3 Å². The molecular formula is C16H22N4O2. The Hall–Kier alpha value is -2.21. The summed E-state index contributed by atoms with van der Waals surface area (Å²) < 4.78 is 5.21. The molecule has 118 valence electrons. The molecule has 0 aliphatic rings. The zero-order chi connectivity index (χ0) is 16.2. The molecule has 22 heavy (non-hydrogen) atoms. The van der Waals surface area contributed by atoms with Crippen molar-refractivity contribution in [1.82, 2.24) is 15.5 Å². The van der Waals surface area contributed by atoms with Gasteiger partial charge in [0.1, 0.15) is 0 Å². The number of hydrogen-bond donors (Lipinski definition) is 2. The summed E-state index contributed by atoms with van der Waals surface area (Å²) in [6.07, 6.45) is 0.510. The van der Waals surface area contributed by atoms with Crippen molar-refractivity contribution >= 4 is 5.91 Å². The third kappa shape index (κ3) is 4.14. The number of carbonyl (C=O) groups is 1. The first-order valence-corrected chi connectivity index (χ1v) is 7.30. The number of nitrogens with two attached hydrogens (primary N) is 1. The molecule has 1 heterocycles. The fourth-order valence-corrected chi connectivity index (χ4v) is 1.81. The maximum Gasteiger partial charge on any atom is 0.228 e. The van der Waals surface area contributed by atoms with E-state index in [1.807, 2.05) is 45.0 Å². The summed E-state index contributed by atoms with van der Waals surface area (Å²) in [5, 5.41) is 6.81. The molecule has 0 unspecified atom stereocenters. The fraction of sp³-hybridized carbons (Fsp3) is 0.438. The number of aromatic nitrogens is 2. The molecule has 0 aliphatic carbocycles. The Balaban J connectivity index is 1.92. The van der Waals surface area contributed by atoms with Crippen LogP contribution in [0.25, 0.3) is 11.4 Å². The number of hydrogen-bond acceptors (Lipinski definition) is 5. The average molecular weight is 302 g/mol. The van der Waals surface area contributed by atoms with Gasteiger partial charge in [-0.2, -0.15) is 4.98 Å². The molecule has 0 radical (unpaired) electrons. The second-order valence-electron chi connectivity index (χ2n) is 6.17. The van der Waals surface area contributed by atoms with Crippen molar-refractivity contribution in [2.45, 2.75) is 33.7 Å². The summed E-state index contributed by atoms with van der Waals surface area (Å²) >= 11 is 0. The predicted molar refractivity (Wildman–Crippen MR) is 83.8 cm³/mol. The lowest BCUT2D eigenvalue weighted by Gasteiger charge is -2.16. The molecule has 0 bridgehead atoms. The minimum atomic E-state index is -0.398. The molecule has 0 fully saturated rings. The first kappa shape index (κ1) is 16.2. The standard InChI is InChI=1S/C16H22N4O2/c1-16(2,3)15(21)18-9-8-13-19-14(20-22-13)12-6-4-11(10-17)5-7-12/h4-7H,8-10,17H2,1-3H3,(H,18,21). The van der Waals surface area contributed by atoms with E-state index in [1.165, 1.54) is 0 Å². The van der Waals surface area contributed by atoms with Crippen molar-refractivity contribution in [3.8, 4) is 11.4 Å². The number of nitrogens with zero attached hydrogens (tertiary/aromatic N) is 2. The summed E-state index contributed by atoms with van der Waals surface area (Å²) in [6, 6.07) is 7.71. The van der Waals surface area contributed by atoms with Crippen LogP contribution in [0.1, 0.15) is 32.2 Å². The largest absolute Gasteiger partial charge is 0.355 e. The van der Waals surface area contributed by atoms with Crippen molar-refractivity contribution in [3.05, 3.63) is 35.7 Å². The summed E-state index contributed by atoms with van der Waals surface area (Å²) in [6.45, 7) is 6.60. The molecule has 1 aromatic carbocycles. The molecule has 0 atom stereocenters. The van der Waals surface area contributed by atoms with Crippen molar-refractivity contribution in [1.29, 1.82) is 0 Å². The Kier molecular flexibility index (Phi) is 4.92. The summed E-state index contributed by atoms with van der Waals surface area (Å²) in [5.74, 6) is 1.05. The minimum absolute atomic E-state index is 0.00427. The molecule has 1 amide bonds. The van der Waals surface area contributed by atoms with Crippen LogP contribution in [-0.4, -0.2) is 22.6 Å². The summed E-state index contributed by atoms with van der Waals surface area (Å²) in [5.41, 5.74) is 7.10. The normalized spacial score (nSPS) is 11.5. The van der Waals surface area contributed by atoms with Gasteiger partial charge in [0.2, 0.25) is 17.6 Å². The molecule has 0 saturated carbocycles. The number of benzene rings is 1. The van der Waals surface area contributed by atoms with Gasteiger partial charge in [0.05, 0.1) is 0 Å². The number of amides is 1. The number of rotatable bonds is 5. The highest BCUT2D eigenvalue weighted by Gasteiger charge is 2.20. The smallest absolute Gasteiger partial charge is 0.228 e. The summed E-state index contributed by atoms with van der Waals surface area (Å²) in [7, 11) is 0. The molecule has 3 N–H and O–H groups in total. The maximum atomic E-state index is 11.8. The van der Waals surface area contributed by atoms with Crippen molar-refractivity contribution in [2.75, 3.05) is 6.54 Å². The molecule has 0 spiro atoms. The van der Waals surface area contributed by atoms with E-state index in [2.05, 4.69) is 15.5 Å². The topological polar surface area (TPSA) is 94.0 Å². The zero-order valence-corrected chi connectivity index (χ0v) is 13.2. The van der Waals surface area contributed by atoms with Crippen LogP contribution in [-0.2, 0) is 17.8 Å². The van der Waals surface area contributed by atoms with E-state index in [0.717, 1.165) is 11.1 Å². The van der Waals surface area contributed by atoms with Crippen LogP contribution in [0.15, 0.2) is 28.8 Å². The second-order valence-corrected chi connectivity index (χ2v) is 6.17. The molecule has 6 nitrogen and oxygen atoms in total. The SMILES string of the molecule is CC(C)(C)C(=O)NCCc1nc(-c2ccc(CN)cc2)no1. The number of nitrogens with one attached hydrogen (secondary N) is 1. The van der Waals surface area contributed by atoms with Crippen LogP contribution in [0.4, 0.5) is 0 Å². The van der Waals surface area contributed by atoms with Crippen molar-refractivity contribution in [3.63, 3.8) is 0 Å². The first-order chi connectivity index (χ1) is 10.4.